The van der Waals surface area contributed by atoms with Crippen LogP contribution in [0.4, 0.5) is 14.5 Å². The van der Waals surface area contributed by atoms with E-state index < -0.39 is 18.1 Å². The molecule has 1 aliphatic rings. The molecule has 3 N–H and O–H groups in total. The summed E-state index contributed by atoms with van der Waals surface area (Å²) in [6.45, 7) is -1.21. The molecule has 0 aromatic carbocycles. The van der Waals surface area contributed by atoms with E-state index in [1.54, 1.807) is 19.1 Å². The van der Waals surface area contributed by atoms with Crippen LogP contribution in [0.25, 0.3) is 0 Å². The highest BCUT2D eigenvalue weighted by molar-refractivity contribution is 8.14. The number of hydrogen-bond acceptors (Lipinski definition) is 9. The second-order valence-electron chi connectivity index (χ2n) is 6.59. The molecule has 0 spiro atoms. The standard InChI is InChI=1S/C18H20F2N6O3S/c1-18(6-11(9-29-16(19)20)30-17(21)26-18)13-5-10(3-4-22-13)25-15(27)12-7-24-14(28-2)8-23-12/h3-5,7-8,11,16H,6,9H2,1-2H3,(H2,21,26)(H,22,25,27)/t11?,18-/m0/s1. The number of carbonyl (C=O) groups excluding carboxylic acids is 1. The Labute approximate surface area is 175 Å². The Balaban J connectivity index is 1.76. The Kier molecular flexibility index (Phi) is 6.77. The molecule has 2 atom stereocenters. The third-order valence-corrected chi connectivity index (χ3v) is 5.29. The van der Waals surface area contributed by atoms with E-state index >= 15 is 0 Å². The van der Waals surface area contributed by atoms with E-state index in [1.165, 1.54) is 37.5 Å². The van der Waals surface area contributed by atoms with E-state index in [0.717, 1.165) is 0 Å². The predicted octanol–water partition coefficient (Wildman–Crippen LogP) is 2.41. The summed E-state index contributed by atoms with van der Waals surface area (Å²) < 4.78 is 34.2. The van der Waals surface area contributed by atoms with Gasteiger partial charge in [-0.1, -0.05) is 11.8 Å². The first-order valence-electron chi connectivity index (χ1n) is 8.85. The zero-order valence-corrected chi connectivity index (χ0v) is 17.0. The fourth-order valence-corrected chi connectivity index (χ4v) is 4.09. The number of pyridine rings is 1. The number of aliphatic imine (C=N–C) groups is 1. The highest BCUT2D eigenvalue weighted by Crippen LogP contribution is 2.38. The summed E-state index contributed by atoms with van der Waals surface area (Å²) in [5.41, 5.74) is 6.17. The quantitative estimate of drug-likeness (QED) is 0.675. The van der Waals surface area contributed by atoms with Gasteiger partial charge in [-0.25, -0.2) is 15.0 Å². The molecule has 12 heteroatoms. The minimum atomic E-state index is -2.85. The molecule has 2 aromatic heterocycles. The number of amides is 1. The number of rotatable bonds is 7. The van der Waals surface area contributed by atoms with Crippen LogP contribution >= 0.6 is 11.8 Å². The zero-order chi connectivity index (χ0) is 21.7. The minimum Gasteiger partial charge on any atom is -0.480 e. The van der Waals surface area contributed by atoms with Crippen LogP contribution in [0.3, 0.4) is 0 Å². The smallest absolute Gasteiger partial charge is 0.345 e. The maximum absolute atomic E-state index is 12.4. The van der Waals surface area contributed by atoms with Gasteiger partial charge in [-0.15, -0.1) is 0 Å². The number of halogens is 2. The molecular formula is C18H20F2N6O3S. The number of nitrogens with one attached hydrogen (secondary N) is 1. The van der Waals surface area contributed by atoms with Crippen LogP contribution in [0.1, 0.15) is 29.5 Å². The fourth-order valence-electron chi connectivity index (χ4n) is 2.94. The fraction of sp³-hybridized carbons (Fsp3) is 0.389. The first-order chi connectivity index (χ1) is 14.3. The molecule has 3 heterocycles. The summed E-state index contributed by atoms with van der Waals surface area (Å²) in [5, 5.41) is 2.68. The first kappa shape index (κ1) is 21.8. The van der Waals surface area contributed by atoms with E-state index in [1.807, 2.05) is 0 Å². The molecule has 1 amide bonds. The van der Waals surface area contributed by atoms with Gasteiger partial charge in [-0.05, 0) is 25.5 Å². The lowest BCUT2D eigenvalue weighted by atomic mass is 9.91. The lowest BCUT2D eigenvalue weighted by Crippen LogP contribution is -2.36. The van der Waals surface area contributed by atoms with Crippen molar-refractivity contribution in [3.05, 3.63) is 42.1 Å². The van der Waals surface area contributed by atoms with Gasteiger partial charge in [0.2, 0.25) is 5.88 Å². The van der Waals surface area contributed by atoms with Gasteiger partial charge < -0.3 is 20.5 Å². The number of nitrogens with zero attached hydrogens (tertiary/aromatic N) is 4. The summed E-state index contributed by atoms with van der Waals surface area (Å²) in [5.74, 6) is -0.167. The highest BCUT2D eigenvalue weighted by Gasteiger charge is 2.36. The average Bonchev–Trinajstić information content (AvgIpc) is 2.72. The number of methoxy groups -OCH3 is 1. The third-order valence-electron chi connectivity index (χ3n) is 4.32. The summed E-state index contributed by atoms with van der Waals surface area (Å²) in [7, 11) is 1.45. The number of alkyl halides is 2. The van der Waals surface area contributed by atoms with Crippen LogP contribution in [0.2, 0.25) is 0 Å². The van der Waals surface area contributed by atoms with E-state index in [0.29, 0.717) is 23.7 Å². The molecule has 9 nitrogen and oxygen atoms in total. The van der Waals surface area contributed by atoms with E-state index in [2.05, 4.69) is 30.0 Å². The van der Waals surface area contributed by atoms with Gasteiger partial charge in [0.15, 0.2) is 5.17 Å². The molecule has 3 rings (SSSR count). The van der Waals surface area contributed by atoms with E-state index in [9.17, 15) is 13.6 Å². The van der Waals surface area contributed by atoms with Crippen molar-refractivity contribution in [2.45, 2.75) is 30.7 Å². The summed E-state index contributed by atoms with van der Waals surface area (Å²) in [6.07, 6.45) is 4.55. The normalized spacial score (nSPS) is 21.2. The second kappa shape index (κ2) is 9.30. The monoisotopic (exact) mass is 438 g/mol. The van der Waals surface area contributed by atoms with Crippen molar-refractivity contribution in [2.24, 2.45) is 10.7 Å². The van der Waals surface area contributed by atoms with Crippen LogP contribution < -0.4 is 15.8 Å². The van der Waals surface area contributed by atoms with Crippen molar-refractivity contribution >= 4 is 28.5 Å². The number of nitrogens with two attached hydrogens (primary N) is 1. The van der Waals surface area contributed by atoms with Crippen LogP contribution in [0, 0.1) is 0 Å². The van der Waals surface area contributed by atoms with Gasteiger partial charge in [-0.2, -0.15) is 8.78 Å². The number of hydrogen-bond donors (Lipinski definition) is 2. The third kappa shape index (κ3) is 5.39. The number of aromatic nitrogens is 3. The lowest BCUT2D eigenvalue weighted by Gasteiger charge is -2.33. The van der Waals surface area contributed by atoms with Crippen LogP contribution in [0.15, 0.2) is 35.7 Å². The maximum Gasteiger partial charge on any atom is 0.345 e. The SMILES string of the molecule is COc1cnc(C(=O)Nc2ccnc([C@]3(C)CC(COC(F)F)SC(N)=N3)c2)cn1. The number of carbonyl (C=O) groups is 1. The van der Waals surface area contributed by atoms with Crippen molar-refractivity contribution in [1.82, 2.24) is 15.0 Å². The van der Waals surface area contributed by atoms with Crippen LogP contribution in [-0.2, 0) is 10.3 Å². The molecule has 0 fully saturated rings. The molecule has 1 aliphatic heterocycles. The number of anilines is 1. The molecular weight excluding hydrogens is 418 g/mol. The minimum absolute atomic E-state index is 0.112. The van der Waals surface area contributed by atoms with Gasteiger partial charge >= 0.3 is 6.61 Å². The molecule has 160 valence electrons. The van der Waals surface area contributed by atoms with Gasteiger partial charge in [0, 0.05) is 17.1 Å². The van der Waals surface area contributed by atoms with Crippen molar-refractivity contribution in [2.75, 3.05) is 19.0 Å². The predicted molar refractivity (Wildman–Crippen MR) is 108 cm³/mol. The largest absolute Gasteiger partial charge is 0.480 e. The molecule has 2 aromatic rings. The number of ether oxygens (including phenoxy) is 2. The van der Waals surface area contributed by atoms with E-state index in [4.69, 9.17) is 10.5 Å². The Bertz CT molecular complexity index is 930. The maximum atomic E-state index is 12.4. The van der Waals surface area contributed by atoms with Crippen molar-refractivity contribution < 1.29 is 23.0 Å². The van der Waals surface area contributed by atoms with E-state index in [-0.39, 0.29) is 22.7 Å². The lowest BCUT2D eigenvalue weighted by molar-refractivity contribution is -0.128. The van der Waals surface area contributed by atoms with Gasteiger partial charge in [0.1, 0.15) is 11.2 Å². The number of amidine groups is 1. The molecule has 0 radical (unpaired) electrons. The second-order valence-corrected chi connectivity index (χ2v) is 7.91. The summed E-state index contributed by atoms with van der Waals surface area (Å²) >= 11 is 1.19. The summed E-state index contributed by atoms with van der Waals surface area (Å²) in [4.78, 5) is 29.2. The van der Waals surface area contributed by atoms with Gasteiger partial charge in [0.25, 0.3) is 5.91 Å². The Morgan fingerprint density at radius 3 is 2.87 bits per heavy atom. The van der Waals surface area contributed by atoms with Crippen molar-refractivity contribution in [3.8, 4) is 5.88 Å². The zero-order valence-electron chi connectivity index (χ0n) is 16.2. The summed E-state index contributed by atoms with van der Waals surface area (Å²) in [6, 6.07) is 3.27. The molecule has 0 bridgehead atoms. The molecule has 0 saturated carbocycles. The van der Waals surface area contributed by atoms with Crippen LogP contribution in [0.5, 0.6) is 5.88 Å². The van der Waals surface area contributed by atoms with Gasteiger partial charge in [0.05, 0.1) is 31.8 Å². The van der Waals surface area contributed by atoms with Crippen LogP contribution in [-0.4, -0.2) is 51.6 Å². The molecule has 0 saturated heterocycles. The molecule has 1 unspecified atom stereocenters. The first-order valence-corrected chi connectivity index (χ1v) is 9.72. The Morgan fingerprint density at radius 1 is 1.40 bits per heavy atom. The Hall–Kier alpha value is -2.86. The average molecular weight is 438 g/mol. The van der Waals surface area contributed by atoms with Crippen molar-refractivity contribution in [3.63, 3.8) is 0 Å². The van der Waals surface area contributed by atoms with Crippen molar-refractivity contribution in [1.29, 1.82) is 0 Å². The highest BCUT2D eigenvalue weighted by atomic mass is 32.2. The molecule has 0 aliphatic carbocycles. The Morgan fingerprint density at radius 2 is 2.20 bits per heavy atom. The van der Waals surface area contributed by atoms with Gasteiger partial charge in [-0.3, -0.25) is 9.78 Å². The molecule has 30 heavy (non-hydrogen) atoms. The number of thioether (sulfide) groups is 1. The topological polar surface area (TPSA) is 125 Å².